The molecule has 14 heteroatoms. The molecule has 3 heterocycles. The van der Waals surface area contributed by atoms with Crippen molar-refractivity contribution in [1.29, 1.82) is 0 Å². The van der Waals surface area contributed by atoms with E-state index in [0.717, 1.165) is 18.6 Å². The van der Waals surface area contributed by atoms with Crippen molar-refractivity contribution in [2.45, 2.75) is 31.8 Å². The standard InChI is InChI=1S/C26H23F4N5O5/c1-35-12-13-5-3-6-18(21(13)24(35)37)40-23-15(26(28,29)30)11-31-25(34-23)32-17-10-16(27)14(9-19(17)38-2)22(36)33-20-7-4-8-39-20/h3,5-6,9-11,20H,4,7-8,12H2,1-2H3,(H,33,36)(H,31,32,34). The van der Waals surface area contributed by atoms with E-state index < -0.39 is 41.5 Å². The van der Waals surface area contributed by atoms with Crippen LogP contribution in [0.25, 0.3) is 0 Å². The van der Waals surface area contributed by atoms with Crippen molar-refractivity contribution in [3.63, 3.8) is 0 Å². The molecule has 2 aromatic carbocycles. The molecule has 1 saturated heterocycles. The molecule has 2 aliphatic rings. The highest BCUT2D eigenvalue weighted by Gasteiger charge is 2.37. The molecule has 0 aliphatic carbocycles. The molecular weight excluding hydrogens is 538 g/mol. The predicted octanol–water partition coefficient (Wildman–Crippen LogP) is 4.63. The lowest BCUT2D eigenvalue weighted by Crippen LogP contribution is -2.34. The molecule has 1 aromatic heterocycles. The molecule has 5 rings (SSSR count). The van der Waals surface area contributed by atoms with Crippen molar-refractivity contribution in [3.05, 3.63) is 64.6 Å². The van der Waals surface area contributed by atoms with Crippen LogP contribution in [0, 0.1) is 5.82 Å². The number of nitrogens with one attached hydrogen (secondary N) is 2. The fourth-order valence-corrected chi connectivity index (χ4v) is 4.39. The Hall–Kier alpha value is -4.46. The average molecular weight is 561 g/mol. The molecule has 40 heavy (non-hydrogen) atoms. The van der Waals surface area contributed by atoms with E-state index in [1.807, 2.05) is 0 Å². The minimum Gasteiger partial charge on any atom is -0.495 e. The normalized spacial score (nSPS) is 16.6. The van der Waals surface area contributed by atoms with Gasteiger partial charge in [0.05, 0.1) is 23.9 Å². The van der Waals surface area contributed by atoms with Gasteiger partial charge in [0.2, 0.25) is 11.8 Å². The third-order valence-electron chi connectivity index (χ3n) is 6.35. The summed E-state index contributed by atoms with van der Waals surface area (Å²) in [6, 6.07) is 6.66. The zero-order valence-corrected chi connectivity index (χ0v) is 21.3. The summed E-state index contributed by atoms with van der Waals surface area (Å²) in [5.41, 5.74) is -0.935. The van der Waals surface area contributed by atoms with Crippen molar-refractivity contribution in [1.82, 2.24) is 20.2 Å². The second kappa shape index (κ2) is 10.6. The summed E-state index contributed by atoms with van der Waals surface area (Å²) >= 11 is 0. The highest BCUT2D eigenvalue weighted by atomic mass is 19.4. The summed E-state index contributed by atoms with van der Waals surface area (Å²) in [6.45, 7) is 0.764. The summed E-state index contributed by atoms with van der Waals surface area (Å²) in [6.07, 6.45) is -3.55. The number of hydrogen-bond acceptors (Lipinski definition) is 8. The Morgan fingerprint density at radius 1 is 1.23 bits per heavy atom. The highest BCUT2D eigenvalue weighted by Crippen LogP contribution is 2.40. The Kier molecular flexibility index (Phi) is 7.19. The lowest BCUT2D eigenvalue weighted by atomic mass is 10.1. The van der Waals surface area contributed by atoms with Gasteiger partial charge in [0.1, 0.15) is 29.1 Å². The first kappa shape index (κ1) is 27.1. The maximum absolute atomic E-state index is 14.9. The SMILES string of the molecule is COc1cc(C(=O)NC2CCCO2)c(F)cc1Nc1ncc(C(F)(F)F)c(Oc2cccc3c2C(=O)N(C)C3)n1. The fraction of sp³-hybridized carbons (Fsp3) is 0.308. The Labute approximate surface area is 225 Å². The summed E-state index contributed by atoms with van der Waals surface area (Å²) in [5.74, 6) is -3.40. The minimum atomic E-state index is -4.88. The number of aromatic nitrogens is 2. The molecule has 210 valence electrons. The van der Waals surface area contributed by atoms with Crippen molar-refractivity contribution in [2.24, 2.45) is 0 Å². The number of rotatable bonds is 7. The third kappa shape index (κ3) is 5.34. The lowest BCUT2D eigenvalue weighted by molar-refractivity contribution is -0.139. The van der Waals surface area contributed by atoms with E-state index in [0.29, 0.717) is 24.8 Å². The number of benzene rings is 2. The molecule has 0 saturated carbocycles. The first-order valence-electron chi connectivity index (χ1n) is 12.1. The third-order valence-corrected chi connectivity index (χ3v) is 6.35. The zero-order chi connectivity index (χ0) is 28.6. The van der Waals surface area contributed by atoms with Gasteiger partial charge in [0.15, 0.2) is 0 Å². The van der Waals surface area contributed by atoms with E-state index in [4.69, 9.17) is 14.2 Å². The molecule has 3 aromatic rings. The van der Waals surface area contributed by atoms with Crippen LogP contribution in [0.4, 0.5) is 29.2 Å². The summed E-state index contributed by atoms with van der Waals surface area (Å²) in [4.78, 5) is 34.1. The van der Waals surface area contributed by atoms with Crippen molar-refractivity contribution in [2.75, 3.05) is 26.1 Å². The molecule has 0 radical (unpaired) electrons. The van der Waals surface area contributed by atoms with E-state index in [9.17, 15) is 27.2 Å². The second-order valence-corrected chi connectivity index (χ2v) is 9.10. The number of nitrogens with zero attached hydrogens (tertiary/aromatic N) is 3. The van der Waals surface area contributed by atoms with Gasteiger partial charge in [-0.25, -0.2) is 9.37 Å². The Balaban J connectivity index is 1.46. The van der Waals surface area contributed by atoms with Crippen LogP contribution in [-0.2, 0) is 17.5 Å². The number of fused-ring (bicyclic) bond motifs is 1. The summed E-state index contributed by atoms with van der Waals surface area (Å²) < 4.78 is 72.4. The maximum atomic E-state index is 14.9. The Morgan fingerprint density at radius 3 is 2.73 bits per heavy atom. The van der Waals surface area contributed by atoms with Crippen molar-refractivity contribution in [3.8, 4) is 17.4 Å². The summed E-state index contributed by atoms with van der Waals surface area (Å²) in [5, 5.41) is 5.19. The van der Waals surface area contributed by atoms with Crippen LogP contribution in [0.3, 0.4) is 0 Å². The number of amides is 2. The van der Waals surface area contributed by atoms with Gasteiger partial charge in [0, 0.05) is 32.5 Å². The van der Waals surface area contributed by atoms with Crippen LogP contribution in [0.15, 0.2) is 36.5 Å². The number of halogens is 4. The van der Waals surface area contributed by atoms with Crippen LogP contribution in [-0.4, -0.2) is 53.7 Å². The van der Waals surface area contributed by atoms with Crippen LogP contribution in [0.5, 0.6) is 17.4 Å². The van der Waals surface area contributed by atoms with Gasteiger partial charge < -0.3 is 29.7 Å². The second-order valence-electron chi connectivity index (χ2n) is 9.10. The number of ether oxygens (including phenoxy) is 3. The van der Waals surface area contributed by atoms with Gasteiger partial charge in [-0.15, -0.1) is 0 Å². The molecular formula is C26H23F4N5O5. The van der Waals surface area contributed by atoms with E-state index in [2.05, 4.69) is 20.6 Å². The highest BCUT2D eigenvalue weighted by molar-refractivity contribution is 6.01. The van der Waals surface area contributed by atoms with Gasteiger partial charge in [-0.05, 0) is 30.5 Å². The number of carbonyl (C=O) groups is 2. The molecule has 2 aliphatic heterocycles. The van der Waals surface area contributed by atoms with E-state index in [1.54, 1.807) is 19.2 Å². The zero-order valence-electron chi connectivity index (χ0n) is 21.3. The molecule has 2 amide bonds. The topological polar surface area (TPSA) is 115 Å². The van der Waals surface area contributed by atoms with Crippen molar-refractivity contribution >= 4 is 23.5 Å². The largest absolute Gasteiger partial charge is 0.495 e. The fourth-order valence-electron chi connectivity index (χ4n) is 4.39. The quantitative estimate of drug-likeness (QED) is 0.402. The molecule has 1 unspecified atom stereocenters. The molecule has 0 bridgehead atoms. The first-order chi connectivity index (χ1) is 19.0. The van der Waals surface area contributed by atoms with Gasteiger partial charge >= 0.3 is 6.18 Å². The Morgan fingerprint density at radius 2 is 2.02 bits per heavy atom. The summed E-state index contributed by atoms with van der Waals surface area (Å²) in [7, 11) is 2.83. The maximum Gasteiger partial charge on any atom is 0.423 e. The van der Waals surface area contributed by atoms with Gasteiger partial charge in [0.25, 0.3) is 11.8 Å². The molecule has 0 spiro atoms. The number of alkyl halides is 3. The van der Waals surface area contributed by atoms with E-state index >= 15 is 0 Å². The van der Waals surface area contributed by atoms with Gasteiger partial charge in [-0.2, -0.15) is 18.2 Å². The number of carbonyl (C=O) groups excluding carboxylic acids is 2. The molecule has 2 N–H and O–H groups in total. The monoisotopic (exact) mass is 561 g/mol. The van der Waals surface area contributed by atoms with Crippen LogP contribution in [0.1, 0.15) is 44.7 Å². The van der Waals surface area contributed by atoms with Crippen LogP contribution in [0.2, 0.25) is 0 Å². The smallest absolute Gasteiger partial charge is 0.423 e. The van der Waals surface area contributed by atoms with Gasteiger partial charge in [-0.1, -0.05) is 12.1 Å². The van der Waals surface area contributed by atoms with Crippen molar-refractivity contribution < 1.29 is 41.4 Å². The lowest BCUT2D eigenvalue weighted by Gasteiger charge is -2.17. The number of methoxy groups -OCH3 is 1. The predicted molar refractivity (Wildman–Crippen MR) is 132 cm³/mol. The van der Waals surface area contributed by atoms with Gasteiger partial charge in [-0.3, -0.25) is 9.59 Å². The molecule has 1 atom stereocenters. The average Bonchev–Trinajstić information content (AvgIpc) is 3.51. The molecule has 1 fully saturated rings. The van der Waals surface area contributed by atoms with E-state index in [-0.39, 0.29) is 40.8 Å². The van der Waals surface area contributed by atoms with Crippen LogP contribution < -0.4 is 20.1 Å². The Bertz CT molecular complexity index is 1480. The first-order valence-corrected chi connectivity index (χ1v) is 12.1. The number of hydrogen-bond donors (Lipinski definition) is 2. The van der Waals surface area contributed by atoms with E-state index in [1.165, 1.54) is 18.1 Å². The number of anilines is 2. The molecule has 10 nitrogen and oxygen atoms in total. The minimum absolute atomic E-state index is 0.000584. The van der Waals surface area contributed by atoms with Crippen LogP contribution >= 0.6 is 0 Å².